The van der Waals surface area contributed by atoms with E-state index in [0.717, 1.165) is 16.9 Å². The highest BCUT2D eigenvalue weighted by molar-refractivity contribution is 7.71. The van der Waals surface area contributed by atoms with Crippen molar-refractivity contribution in [2.45, 2.75) is 0 Å². The molecular weight excluding hydrogens is 220 g/mol. The van der Waals surface area contributed by atoms with Gasteiger partial charge in [0.2, 0.25) is 4.77 Å². The van der Waals surface area contributed by atoms with Crippen molar-refractivity contribution in [3.63, 3.8) is 0 Å². The van der Waals surface area contributed by atoms with Crippen molar-refractivity contribution >= 4 is 17.9 Å². The Balaban J connectivity index is 2.28. The summed E-state index contributed by atoms with van der Waals surface area (Å²) in [4.78, 5) is 8.09. The third-order valence-corrected chi connectivity index (χ3v) is 2.66. The van der Waals surface area contributed by atoms with Crippen LogP contribution in [0.5, 0.6) is 0 Å². The molecular formula is C11H8N4S. The minimum Gasteiger partial charge on any atom is -0.290 e. The summed E-state index contributed by atoms with van der Waals surface area (Å²) in [6.07, 6.45) is 1.47. The lowest BCUT2D eigenvalue weighted by molar-refractivity contribution is 0.875. The minimum atomic E-state index is 0.479. The molecule has 2 heterocycles. The number of aromatic nitrogens is 4. The van der Waals surface area contributed by atoms with Gasteiger partial charge >= 0.3 is 0 Å². The average Bonchev–Trinajstić information content (AvgIpc) is 2.76. The number of nitrogens with zero attached hydrogens (tertiary/aromatic N) is 3. The first kappa shape index (κ1) is 9.23. The van der Waals surface area contributed by atoms with Gasteiger partial charge in [0, 0.05) is 6.07 Å². The lowest BCUT2D eigenvalue weighted by atomic mass is 10.2. The van der Waals surface area contributed by atoms with Gasteiger partial charge in [-0.2, -0.15) is 0 Å². The fourth-order valence-electron chi connectivity index (χ4n) is 1.61. The lowest BCUT2D eigenvalue weighted by Crippen LogP contribution is -1.93. The van der Waals surface area contributed by atoms with Crippen molar-refractivity contribution < 1.29 is 0 Å². The Morgan fingerprint density at radius 3 is 2.69 bits per heavy atom. The topological polar surface area (TPSA) is 46.0 Å². The maximum atomic E-state index is 5.10. The molecule has 3 rings (SSSR count). The largest absolute Gasteiger partial charge is 0.290 e. The first-order chi connectivity index (χ1) is 7.84. The van der Waals surface area contributed by atoms with Gasteiger partial charge in [0.15, 0.2) is 5.65 Å². The second kappa shape index (κ2) is 3.53. The van der Waals surface area contributed by atoms with Crippen molar-refractivity contribution in [2.75, 3.05) is 0 Å². The van der Waals surface area contributed by atoms with Crippen molar-refractivity contribution in [3.8, 4) is 11.3 Å². The number of H-pyrrole nitrogens is 1. The molecule has 0 bridgehead atoms. The van der Waals surface area contributed by atoms with Crippen LogP contribution in [0, 0.1) is 4.77 Å². The van der Waals surface area contributed by atoms with E-state index in [9.17, 15) is 0 Å². The van der Waals surface area contributed by atoms with Crippen LogP contribution in [0.1, 0.15) is 0 Å². The molecule has 0 unspecified atom stereocenters. The monoisotopic (exact) mass is 228 g/mol. The number of rotatable bonds is 1. The maximum Gasteiger partial charge on any atom is 0.222 e. The van der Waals surface area contributed by atoms with Gasteiger partial charge < -0.3 is 0 Å². The van der Waals surface area contributed by atoms with E-state index in [1.54, 1.807) is 4.52 Å². The number of nitrogens with one attached hydrogen (secondary N) is 1. The van der Waals surface area contributed by atoms with E-state index >= 15 is 0 Å². The third-order valence-electron chi connectivity index (χ3n) is 2.37. The molecule has 2 aromatic heterocycles. The quantitative estimate of drug-likeness (QED) is 0.651. The summed E-state index contributed by atoms with van der Waals surface area (Å²) in [6, 6.07) is 12.0. The molecule has 3 aromatic rings. The van der Waals surface area contributed by atoms with Gasteiger partial charge in [-0.3, -0.25) is 5.10 Å². The molecule has 16 heavy (non-hydrogen) atoms. The predicted molar refractivity (Wildman–Crippen MR) is 63.6 cm³/mol. The fraction of sp³-hybridized carbons (Fsp3) is 0. The molecule has 5 heteroatoms. The van der Waals surface area contributed by atoms with Gasteiger partial charge in [0.1, 0.15) is 6.33 Å². The van der Waals surface area contributed by atoms with E-state index in [4.69, 9.17) is 12.2 Å². The summed E-state index contributed by atoms with van der Waals surface area (Å²) in [5.41, 5.74) is 2.86. The van der Waals surface area contributed by atoms with Crippen LogP contribution < -0.4 is 0 Å². The van der Waals surface area contributed by atoms with Crippen molar-refractivity contribution in [2.24, 2.45) is 0 Å². The molecule has 4 nitrogen and oxygen atoms in total. The van der Waals surface area contributed by atoms with E-state index in [-0.39, 0.29) is 0 Å². The Morgan fingerprint density at radius 2 is 1.94 bits per heavy atom. The molecule has 0 aliphatic carbocycles. The summed E-state index contributed by atoms with van der Waals surface area (Å²) >= 11 is 5.10. The Morgan fingerprint density at radius 1 is 1.12 bits per heavy atom. The number of fused-ring (bicyclic) bond motifs is 1. The molecule has 0 radical (unpaired) electrons. The highest BCUT2D eigenvalue weighted by Crippen LogP contribution is 2.17. The Kier molecular flexibility index (Phi) is 2.04. The summed E-state index contributed by atoms with van der Waals surface area (Å²) < 4.78 is 2.17. The van der Waals surface area contributed by atoms with Crippen LogP contribution in [-0.4, -0.2) is 19.6 Å². The fourth-order valence-corrected chi connectivity index (χ4v) is 1.79. The highest BCUT2D eigenvalue weighted by atomic mass is 32.1. The SMILES string of the molecule is S=c1ncnc2cc(-c3ccccc3)[nH]n12. The molecule has 0 spiro atoms. The number of hydrogen-bond donors (Lipinski definition) is 1. The molecule has 1 aromatic carbocycles. The zero-order chi connectivity index (χ0) is 11.0. The standard InChI is InChI=1S/C11H8N4S/c16-11-13-7-12-10-6-9(14-15(10)11)8-4-2-1-3-5-8/h1-7,14H. The van der Waals surface area contributed by atoms with Gasteiger partial charge in [-0.25, -0.2) is 14.5 Å². The lowest BCUT2D eigenvalue weighted by Gasteiger charge is -1.94. The Bertz CT molecular complexity index is 684. The van der Waals surface area contributed by atoms with Crippen molar-refractivity contribution in [1.29, 1.82) is 0 Å². The van der Waals surface area contributed by atoms with E-state index < -0.39 is 0 Å². The number of benzene rings is 1. The summed E-state index contributed by atoms with van der Waals surface area (Å²) in [5, 5.41) is 3.17. The number of hydrogen-bond acceptors (Lipinski definition) is 3. The van der Waals surface area contributed by atoms with Crippen molar-refractivity contribution in [1.82, 2.24) is 19.6 Å². The molecule has 0 aliphatic rings. The summed E-state index contributed by atoms with van der Waals surface area (Å²) in [7, 11) is 0. The van der Waals surface area contributed by atoms with Crippen LogP contribution in [0.25, 0.3) is 16.9 Å². The summed E-state index contributed by atoms with van der Waals surface area (Å²) in [5.74, 6) is 0. The molecule has 0 atom stereocenters. The number of aromatic amines is 1. The summed E-state index contributed by atoms with van der Waals surface area (Å²) in [6.45, 7) is 0. The molecule has 1 N–H and O–H groups in total. The molecule has 0 aliphatic heterocycles. The van der Waals surface area contributed by atoms with Crippen molar-refractivity contribution in [3.05, 3.63) is 47.5 Å². The normalized spacial score (nSPS) is 10.8. The first-order valence-electron chi connectivity index (χ1n) is 4.83. The van der Waals surface area contributed by atoms with Crippen LogP contribution in [-0.2, 0) is 0 Å². The minimum absolute atomic E-state index is 0.479. The molecule has 0 saturated heterocycles. The van der Waals surface area contributed by atoms with Crippen LogP contribution in [0.2, 0.25) is 0 Å². The zero-order valence-corrected chi connectivity index (χ0v) is 9.11. The molecule has 0 amide bonds. The van der Waals surface area contributed by atoms with E-state index in [0.29, 0.717) is 4.77 Å². The highest BCUT2D eigenvalue weighted by Gasteiger charge is 2.03. The van der Waals surface area contributed by atoms with Crippen LogP contribution in [0.4, 0.5) is 0 Å². The zero-order valence-electron chi connectivity index (χ0n) is 8.29. The average molecular weight is 228 g/mol. The van der Waals surface area contributed by atoms with E-state index in [1.165, 1.54) is 6.33 Å². The van der Waals surface area contributed by atoms with Gasteiger partial charge in [-0.05, 0) is 17.8 Å². The smallest absolute Gasteiger partial charge is 0.222 e. The van der Waals surface area contributed by atoms with Gasteiger partial charge in [-0.15, -0.1) is 0 Å². The van der Waals surface area contributed by atoms with Gasteiger partial charge in [0.25, 0.3) is 0 Å². The van der Waals surface area contributed by atoms with Gasteiger partial charge in [0.05, 0.1) is 5.69 Å². The maximum absolute atomic E-state index is 5.10. The molecule has 0 saturated carbocycles. The van der Waals surface area contributed by atoms with Crippen LogP contribution in [0.3, 0.4) is 0 Å². The first-order valence-corrected chi connectivity index (χ1v) is 5.23. The molecule has 0 fully saturated rings. The molecule has 78 valence electrons. The second-order valence-electron chi connectivity index (χ2n) is 3.39. The second-order valence-corrected chi connectivity index (χ2v) is 3.75. The van der Waals surface area contributed by atoms with Crippen LogP contribution in [0.15, 0.2) is 42.7 Å². The predicted octanol–water partition coefficient (Wildman–Crippen LogP) is 2.45. The van der Waals surface area contributed by atoms with E-state index in [2.05, 4.69) is 15.1 Å². The Hall–Kier alpha value is -2.01. The van der Waals surface area contributed by atoms with E-state index in [1.807, 2.05) is 36.4 Å². The Labute approximate surface area is 96.6 Å². The van der Waals surface area contributed by atoms with Gasteiger partial charge in [-0.1, -0.05) is 30.3 Å². The van der Waals surface area contributed by atoms with Crippen LogP contribution >= 0.6 is 12.2 Å². The third kappa shape index (κ3) is 1.42.